The van der Waals surface area contributed by atoms with Gasteiger partial charge in [0.15, 0.2) is 0 Å². The van der Waals surface area contributed by atoms with Gasteiger partial charge in [0, 0.05) is 0 Å². The first-order chi connectivity index (χ1) is 4.61. The highest BCUT2D eigenvalue weighted by Gasteiger charge is 2.24. The van der Waals surface area contributed by atoms with Crippen LogP contribution in [-0.4, -0.2) is 37.1 Å². The summed E-state index contributed by atoms with van der Waals surface area (Å²) >= 11 is 0. The molecule has 1 saturated heterocycles. The summed E-state index contributed by atoms with van der Waals surface area (Å²) in [5, 5.41) is 0. The van der Waals surface area contributed by atoms with Crippen LogP contribution in [0.5, 0.6) is 0 Å². The Bertz CT molecular complexity index is 102. The fourth-order valence-corrected chi connectivity index (χ4v) is 1.64. The van der Waals surface area contributed by atoms with E-state index in [4.69, 9.17) is 0 Å². The van der Waals surface area contributed by atoms with Crippen molar-refractivity contribution >= 4 is 0 Å². The minimum atomic E-state index is 0.691. The standard InChI is InChI=1S/C8H18N2/c1-7-5-9(3)6-8(2)10(7)4/h7-9H,3,5-6H2,1-2,4H3. The van der Waals surface area contributed by atoms with E-state index in [0.717, 1.165) is 0 Å². The summed E-state index contributed by atoms with van der Waals surface area (Å²) in [6, 6.07) is 1.38. The van der Waals surface area contributed by atoms with Gasteiger partial charge in [-0.1, -0.05) is 0 Å². The largest absolute Gasteiger partial charge is 0.465 e. The molecule has 60 valence electrons. The molecule has 2 nitrogen and oxygen atoms in total. The van der Waals surface area contributed by atoms with Gasteiger partial charge in [0.1, 0.15) is 0 Å². The van der Waals surface area contributed by atoms with Crippen LogP contribution >= 0.6 is 0 Å². The van der Waals surface area contributed by atoms with Gasteiger partial charge in [0.2, 0.25) is 0 Å². The summed E-state index contributed by atoms with van der Waals surface area (Å²) in [6.07, 6.45) is 0. The van der Waals surface area contributed by atoms with Crippen LogP contribution in [0.25, 0.3) is 0 Å². The number of nitrogens with one attached hydrogen (secondary N) is 1. The molecule has 1 rings (SSSR count). The summed E-state index contributed by atoms with van der Waals surface area (Å²) in [5.74, 6) is 0. The van der Waals surface area contributed by atoms with E-state index in [1.54, 1.807) is 0 Å². The van der Waals surface area contributed by atoms with Crippen molar-refractivity contribution in [3.63, 3.8) is 0 Å². The monoisotopic (exact) mass is 142 g/mol. The van der Waals surface area contributed by atoms with Crippen molar-refractivity contribution in [2.45, 2.75) is 25.9 Å². The van der Waals surface area contributed by atoms with E-state index in [1.807, 2.05) is 0 Å². The van der Waals surface area contributed by atoms with Crippen molar-refractivity contribution in [3.8, 4) is 0 Å². The Morgan fingerprint density at radius 2 is 1.70 bits per heavy atom. The van der Waals surface area contributed by atoms with Crippen LogP contribution in [0.4, 0.5) is 0 Å². The molecule has 0 bridgehead atoms. The Hall–Kier alpha value is -0.0800. The van der Waals surface area contributed by atoms with Gasteiger partial charge in [-0.3, -0.25) is 4.90 Å². The average molecular weight is 142 g/mol. The fraction of sp³-hybridized carbons (Fsp3) is 0.875. The maximum Gasteiger partial charge on any atom is 0.0686 e. The molecule has 1 fully saturated rings. The zero-order valence-corrected chi connectivity index (χ0v) is 7.22. The molecule has 0 saturated carbocycles. The molecule has 2 heteroatoms. The number of hydrogen-bond donors (Lipinski definition) is 1. The highest BCUT2D eigenvalue weighted by Crippen LogP contribution is 2.01. The molecular formula is C8H18N2. The van der Waals surface area contributed by atoms with E-state index in [0.29, 0.717) is 12.1 Å². The third kappa shape index (κ3) is 1.50. The predicted octanol–water partition coefficient (Wildman–Crippen LogP) is -0.615. The lowest BCUT2D eigenvalue weighted by Crippen LogP contribution is -3.11. The van der Waals surface area contributed by atoms with Crippen molar-refractivity contribution in [3.05, 3.63) is 7.05 Å². The molecule has 0 aromatic carbocycles. The lowest BCUT2D eigenvalue weighted by molar-refractivity contribution is -0.865. The number of likely N-dealkylation sites (N-methyl/N-ethyl adjacent to an activating group) is 1. The van der Waals surface area contributed by atoms with Gasteiger partial charge in [-0.25, -0.2) is 0 Å². The van der Waals surface area contributed by atoms with E-state index in [-0.39, 0.29) is 0 Å². The number of rotatable bonds is 0. The molecule has 10 heavy (non-hydrogen) atoms. The van der Waals surface area contributed by atoms with Gasteiger partial charge < -0.3 is 4.90 Å². The van der Waals surface area contributed by atoms with Crippen molar-refractivity contribution in [1.29, 1.82) is 0 Å². The topological polar surface area (TPSA) is 7.68 Å². The van der Waals surface area contributed by atoms with Gasteiger partial charge in [0.05, 0.1) is 25.2 Å². The molecule has 1 aliphatic heterocycles. The second kappa shape index (κ2) is 2.89. The molecule has 0 aromatic rings. The Morgan fingerprint density at radius 1 is 1.30 bits per heavy atom. The summed E-state index contributed by atoms with van der Waals surface area (Å²) in [5.41, 5.74) is 0. The smallest absolute Gasteiger partial charge is 0.0686 e. The van der Waals surface area contributed by atoms with Crippen molar-refractivity contribution in [2.24, 2.45) is 0 Å². The minimum absolute atomic E-state index is 0.691. The molecule has 0 radical (unpaired) electrons. The van der Waals surface area contributed by atoms with Gasteiger partial charge in [-0.05, 0) is 20.9 Å². The molecular weight excluding hydrogens is 124 g/mol. The van der Waals surface area contributed by atoms with Crippen LogP contribution in [0, 0.1) is 7.05 Å². The first kappa shape index (κ1) is 8.02. The lowest BCUT2D eigenvalue weighted by atomic mass is 10.1. The number of quaternary nitrogens is 1. The maximum absolute atomic E-state index is 4.02. The summed E-state index contributed by atoms with van der Waals surface area (Å²) < 4.78 is 0. The second-order valence-corrected chi connectivity index (χ2v) is 3.52. The minimum Gasteiger partial charge on any atom is -0.465 e. The molecule has 0 spiro atoms. The lowest BCUT2D eigenvalue weighted by Gasteiger charge is -2.41. The number of nitrogens with zero attached hydrogens (tertiary/aromatic N) is 1. The molecule has 2 atom stereocenters. The quantitative estimate of drug-likeness (QED) is 0.443. The van der Waals surface area contributed by atoms with Gasteiger partial charge in [-0.2, -0.15) is 7.05 Å². The summed E-state index contributed by atoms with van der Waals surface area (Å²) in [4.78, 5) is 3.84. The Labute approximate surface area is 63.8 Å². The average Bonchev–Trinajstić information content (AvgIpc) is 1.82. The normalized spacial score (nSPS) is 43.8. The zero-order chi connectivity index (χ0) is 7.72. The van der Waals surface area contributed by atoms with Crippen LogP contribution in [-0.2, 0) is 0 Å². The van der Waals surface area contributed by atoms with Crippen LogP contribution in [0.15, 0.2) is 0 Å². The third-order valence-electron chi connectivity index (χ3n) is 2.56. The summed E-state index contributed by atoms with van der Waals surface area (Å²) in [7, 11) is 6.22. The SMILES string of the molecule is [CH2-][NH+]1CC(C)N(C)C(C)C1. The van der Waals surface area contributed by atoms with Crippen LogP contribution in [0.2, 0.25) is 0 Å². The predicted molar refractivity (Wildman–Crippen MR) is 42.7 cm³/mol. The molecule has 1 N–H and O–H groups in total. The Kier molecular flexibility index (Phi) is 2.32. The first-order valence-corrected chi connectivity index (χ1v) is 4.00. The number of hydrogen-bond acceptors (Lipinski definition) is 1. The second-order valence-electron chi connectivity index (χ2n) is 3.52. The maximum atomic E-state index is 4.02. The van der Waals surface area contributed by atoms with E-state index in [2.05, 4.69) is 32.8 Å². The van der Waals surface area contributed by atoms with E-state index < -0.39 is 0 Å². The Morgan fingerprint density at radius 3 is 2.10 bits per heavy atom. The van der Waals surface area contributed by atoms with Crippen molar-refractivity contribution < 1.29 is 4.90 Å². The summed E-state index contributed by atoms with van der Waals surface area (Å²) in [6.45, 7) is 6.89. The van der Waals surface area contributed by atoms with Crippen LogP contribution in [0.3, 0.4) is 0 Å². The van der Waals surface area contributed by atoms with Gasteiger partial charge in [-0.15, -0.1) is 0 Å². The molecule has 0 aliphatic carbocycles. The number of piperazine rings is 1. The molecule has 1 heterocycles. The first-order valence-electron chi connectivity index (χ1n) is 4.00. The van der Waals surface area contributed by atoms with E-state index in [1.165, 1.54) is 18.0 Å². The van der Waals surface area contributed by atoms with E-state index >= 15 is 0 Å². The van der Waals surface area contributed by atoms with E-state index in [9.17, 15) is 0 Å². The molecule has 1 aliphatic rings. The van der Waals surface area contributed by atoms with Crippen molar-refractivity contribution in [2.75, 3.05) is 20.1 Å². The van der Waals surface area contributed by atoms with Crippen LogP contribution < -0.4 is 4.90 Å². The highest BCUT2D eigenvalue weighted by atomic mass is 15.3. The Balaban J connectivity index is 2.49. The van der Waals surface area contributed by atoms with Crippen LogP contribution in [0.1, 0.15) is 13.8 Å². The molecule has 0 aromatic heterocycles. The van der Waals surface area contributed by atoms with Gasteiger partial charge in [0.25, 0.3) is 0 Å². The van der Waals surface area contributed by atoms with Crippen molar-refractivity contribution in [1.82, 2.24) is 4.90 Å². The van der Waals surface area contributed by atoms with Gasteiger partial charge >= 0.3 is 0 Å². The molecule has 2 unspecified atom stereocenters. The fourth-order valence-electron chi connectivity index (χ4n) is 1.64. The molecule has 0 amide bonds. The third-order valence-corrected chi connectivity index (χ3v) is 2.56. The zero-order valence-electron chi connectivity index (χ0n) is 7.22. The highest BCUT2D eigenvalue weighted by molar-refractivity contribution is 4.72.